The highest BCUT2D eigenvalue weighted by molar-refractivity contribution is 7.43. The van der Waals surface area contributed by atoms with Gasteiger partial charge in [0.25, 0.3) is 0 Å². The third-order valence-electron chi connectivity index (χ3n) is 2.44. The van der Waals surface area contributed by atoms with Gasteiger partial charge in [0.2, 0.25) is 8.53 Å². The van der Waals surface area contributed by atoms with Crippen LogP contribution in [0.4, 0.5) is 5.82 Å². The lowest BCUT2D eigenvalue weighted by molar-refractivity contribution is 0.318. The summed E-state index contributed by atoms with van der Waals surface area (Å²) in [5.41, 5.74) is 5.64. The number of nitriles is 1. The summed E-state index contributed by atoms with van der Waals surface area (Å²) >= 11 is 0. The van der Waals surface area contributed by atoms with Crippen LogP contribution in [0.15, 0.2) is 47.4 Å². The van der Waals surface area contributed by atoms with Gasteiger partial charge in [0.05, 0.1) is 19.1 Å². The number of nitrogens with one attached hydrogen (secondary N) is 2. The largest absolute Gasteiger partial charge is 0.367 e. The average molecular weight is 335 g/mol. The van der Waals surface area contributed by atoms with E-state index >= 15 is 0 Å². The van der Waals surface area contributed by atoms with E-state index in [1.54, 1.807) is 6.07 Å². The van der Waals surface area contributed by atoms with Crippen molar-refractivity contribution in [3.8, 4) is 6.07 Å². The zero-order valence-electron chi connectivity index (χ0n) is 12.3. The fourth-order valence-corrected chi connectivity index (χ4v) is 1.73. The molecule has 23 heavy (non-hydrogen) atoms. The van der Waals surface area contributed by atoms with Crippen LogP contribution in [-0.4, -0.2) is 21.5 Å². The quantitative estimate of drug-likeness (QED) is 0.463. The Morgan fingerprint density at radius 1 is 1.39 bits per heavy atom. The Labute approximate surface area is 134 Å². The van der Waals surface area contributed by atoms with Gasteiger partial charge >= 0.3 is 5.69 Å². The molecule has 1 unspecified atom stereocenters. The minimum absolute atomic E-state index is 0.217. The van der Waals surface area contributed by atoms with Gasteiger partial charge in [-0.05, 0) is 11.6 Å². The molecule has 0 aliphatic carbocycles. The summed E-state index contributed by atoms with van der Waals surface area (Å²) in [6, 6.07) is 13.5. The molecule has 0 bridgehead atoms. The van der Waals surface area contributed by atoms with Gasteiger partial charge in [0, 0.05) is 12.7 Å². The fraction of sp³-hybridized carbons (Fsp3) is 0.214. The summed E-state index contributed by atoms with van der Waals surface area (Å²) < 4.78 is 4.46. The molecule has 0 saturated carbocycles. The number of nitrogens with two attached hydrogens (primary N) is 1. The summed E-state index contributed by atoms with van der Waals surface area (Å²) in [7, 11) is -1.76. The number of benzene rings is 1. The number of aromatic nitrogens is 2. The third kappa shape index (κ3) is 9.34. The molecule has 9 heteroatoms. The summed E-state index contributed by atoms with van der Waals surface area (Å²) in [4.78, 5) is 25.3. The van der Waals surface area contributed by atoms with Crippen molar-refractivity contribution >= 4 is 14.3 Å². The van der Waals surface area contributed by atoms with E-state index < -0.39 is 8.53 Å². The van der Waals surface area contributed by atoms with Gasteiger partial charge in [-0.25, -0.2) is 9.78 Å². The smallest absolute Gasteiger partial charge is 0.346 e. The van der Waals surface area contributed by atoms with Crippen molar-refractivity contribution in [2.24, 2.45) is 5.50 Å². The molecular formula is C14H18N5O3P. The summed E-state index contributed by atoms with van der Waals surface area (Å²) in [6.07, 6.45) is 1.75. The Morgan fingerprint density at radius 2 is 2.13 bits per heavy atom. The van der Waals surface area contributed by atoms with Gasteiger partial charge in [-0.3, -0.25) is 10.5 Å². The van der Waals surface area contributed by atoms with E-state index in [1.807, 2.05) is 36.4 Å². The molecular weight excluding hydrogens is 317 g/mol. The maximum atomic E-state index is 10.9. The van der Waals surface area contributed by atoms with Crippen molar-refractivity contribution < 1.29 is 9.42 Å². The van der Waals surface area contributed by atoms with E-state index in [0.717, 1.165) is 5.56 Å². The highest BCUT2D eigenvalue weighted by Crippen LogP contribution is 2.18. The second-order valence-electron chi connectivity index (χ2n) is 4.17. The SMILES string of the molecule is N#CCCOP(N)O.O=c1nccc(NCc2ccccc2)[nH]1. The molecule has 0 fully saturated rings. The normalized spacial score (nSPS) is 10.8. The lowest BCUT2D eigenvalue weighted by Crippen LogP contribution is -2.12. The minimum atomic E-state index is -1.76. The number of anilines is 1. The first-order chi connectivity index (χ1) is 11.1. The van der Waals surface area contributed by atoms with Gasteiger partial charge in [-0.2, -0.15) is 5.26 Å². The summed E-state index contributed by atoms with van der Waals surface area (Å²) in [5, 5.41) is 11.0. The fourth-order valence-electron chi connectivity index (χ4n) is 1.45. The van der Waals surface area contributed by atoms with Crippen molar-refractivity contribution in [3.63, 3.8) is 0 Å². The second-order valence-corrected chi connectivity index (χ2v) is 5.03. The molecule has 1 heterocycles. The van der Waals surface area contributed by atoms with E-state index in [0.29, 0.717) is 12.4 Å². The third-order valence-corrected chi connectivity index (χ3v) is 2.88. The zero-order valence-corrected chi connectivity index (χ0v) is 13.2. The molecule has 2 rings (SSSR count). The van der Waals surface area contributed by atoms with E-state index in [9.17, 15) is 4.79 Å². The van der Waals surface area contributed by atoms with E-state index in [4.69, 9.17) is 15.7 Å². The van der Waals surface area contributed by atoms with Crippen molar-refractivity contribution in [1.29, 1.82) is 5.26 Å². The molecule has 0 spiro atoms. The first-order valence-electron chi connectivity index (χ1n) is 6.68. The Hall–Kier alpha value is -2.30. The number of hydrogen-bond acceptors (Lipinski definition) is 7. The first-order valence-corrected chi connectivity index (χ1v) is 7.96. The first kappa shape index (κ1) is 18.7. The predicted octanol–water partition coefficient (Wildman–Crippen LogP) is 1.48. The maximum Gasteiger partial charge on any atom is 0.346 e. The van der Waals surface area contributed by atoms with Crippen LogP contribution in [0.2, 0.25) is 0 Å². The molecule has 8 nitrogen and oxygen atoms in total. The molecule has 0 saturated heterocycles. The van der Waals surface area contributed by atoms with Crippen LogP contribution < -0.4 is 16.5 Å². The van der Waals surface area contributed by atoms with Crippen LogP contribution in [0.5, 0.6) is 0 Å². The molecule has 5 N–H and O–H groups in total. The molecule has 0 aliphatic rings. The van der Waals surface area contributed by atoms with E-state index in [-0.39, 0.29) is 18.7 Å². The van der Waals surface area contributed by atoms with Crippen molar-refractivity contribution in [3.05, 3.63) is 58.6 Å². The molecule has 1 atom stereocenters. The van der Waals surface area contributed by atoms with Crippen LogP contribution in [0.1, 0.15) is 12.0 Å². The lowest BCUT2D eigenvalue weighted by atomic mass is 10.2. The van der Waals surface area contributed by atoms with Crippen LogP contribution in [0, 0.1) is 11.3 Å². The van der Waals surface area contributed by atoms with Gasteiger partial charge in [0.1, 0.15) is 5.82 Å². The number of H-pyrrole nitrogens is 1. The average Bonchev–Trinajstić information content (AvgIpc) is 2.55. The molecule has 0 aliphatic heterocycles. The number of rotatable bonds is 6. The van der Waals surface area contributed by atoms with Gasteiger partial charge < -0.3 is 14.7 Å². The van der Waals surface area contributed by atoms with Gasteiger partial charge in [0.15, 0.2) is 0 Å². The molecule has 0 radical (unpaired) electrons. The van der Waals surface area contributed by atoms with Crippen LogP contribution >= 0.6 is 8.53 Å². The van der Waals surface area contributed by atoms with Gasteiger partial charge in [-0.1, -0.05) is 30.3 Å². The minimum Gasteiger partial charge on any atom is -0.367 e. The Bertz CT molecular complexity index is 657. The zero-order chi connectivity index (χ0) is 16.9. The molecule has 2 aromatic rings. The van der Waals surface area contributed by atoms with Crippen molar-refractivity contribution in [2.75, 3.05) is 11.9 Å². The molecule has 122 valence electrons. The summed E-state index contributed by atoms with van der Waals surface area (Å²) in [6.45, 7) is 0.899. The number of aromatic amines is 1. The highest BCUT2D eigenvalue weighted by Gasteiger charge is 1.94. The van der Waals surface area contributed by atoms with Crippen LogP contribution in [0.25, 0.3) is 0 Å². The Balaban J connectivity index is 0.000000284. The Kier molecular flexibility index (Phi) is 9.20. The monoisotopic (exact) mass is 335 g/mol. The highest BCUT2D eigenvalue weighted by atomic mass is 31.2. The predicted molar refractivity (Wildman–Crippen MR) is 88.1 cm³/mol. The Morgan fingerprint density at radius 3 is 2.74 bits per heavy atom. The molecule has 0 amide bonds. The van der Waals surface area contributed by atoms with E-state index in [2.05, 4.69) is 19.8 Å². The van der Waals surface area contributed by atoms with Crippen molar-refractivity contribution in [2.45, 2.75) is 13.0 Å². The lowest BCUT2D eigenvalue weighted by Gasteiger charge is -2.04. The van der Waals surface area contributed by atoms with Crippen molar-refractivity contribution in [1.82, 2.24) is 9.97 Å². The second kappa shape index (κ2) is 11.3. The topological polar surface area (TPSA) is 137 Å². The maximum absolute atomic E-state index is 10.9. The molecule has 1 aromatic carbocycles. The molecule has 1 aromatic heterocycles. The summed E-state index contributed by atoms with van der Waals surface area (Å²) in [5.74, 6) is 0.679. The van der Waals surface area contributed by atoms with Crippen LogP contribution in [-0.2, 0) is 11.1 Å². The standard InChI is InChI=1S/C11H11N3O.C3H7N2O2P/c15-11-12-7-6-10(14-11)13-8-9-4-2-1-3-5-9;4-2-1-3-7-8(5)6/h1-7H,8H2,(H2,12,13,14,15);6H,1,3,5H2. The number of hydrogen-bond donors (Lipinski definition) is 4. The van der Waals surface area contributed by atoms with E-state index in [1.165, 1.54) is 6.20 Å². The number of nitrogens with zero attached hydrogens (tertiary/aromatic N) is 2. The van der Waals surface area contributed by atoms with Crippen LogP contribution in [0.3, 0.4) is 0 Å². The van der Waals surface area contributed by atoms with Gasteiger partial charge in [-0.15, -0.1) is 0 Å².